The molecule has 3 heterocycles. The normalized spacial score (nSPS) is 18.0. The molecule has 0 saturated carbocycles. The zero-order valence-electron chi connectivity index (χ0n) is 18.4. The third kappa shape index (κ3) is 7.28. The van der Waals surface area contributed by atoms with E-state index >= 15 is 0 Å². The molecular weight excluding hydrogens is 491 g/mol. The minimum Gasteiger partial charge on any atom is -0.359 e. The number of nitrogens with one attached hydrogen (secondary N) is 2. The Morgan fingerprint density at radius 3 is 2.60 bits per heavy atom. The number of aromatic nitrogens is 1. The number of carbonyl (C=O) groups excluding carboxylic acids is 1. The third-order valence-electron chi connectivity index (χ3n) is 5.90. The van der Waals surface area contributed by atoms with Crippen molar-refractivity contribution in [1.82, 2.24) is 20.5 Å². The Labute approximate surface area is 198 Å². The van der Waals surface area contributed by atoms with Gasteiger partial charge in [-0.2, -0.15) is 0 Å². The van der Waals surface area contributed by atoms with Gasteiger partial charge in [-0.05, 0) is 62.6 Å². The molecule has 0 bridgehead atoms. The van der Waals surface area contributed by atoms with E-state index in [0.717, 1.165) is 57.3 Å². The lowest BCUT2D eigenvalue weighted by molar-refractivity contribution is -0.121. The SMILES string of the molecule is CCNC(=NCc1ccnc(N2CCCCC2)c1)N1CCC(CC(=O)NC)CC1.I. The van der Waals surface area contributed by atoms with Crippen molar-refractivity contribution in [2.45, 2.75) is 52.0 Å². The zero-order chi connectivity index (χ0) is 20.5. The average Bonchev–Trinajstić information content (AvgIpc) is 2.78. The first-order valence-electron chi connectivity index (χ1n) is 11.1. The van der Waals surface area contributed by atoms with E-state index in [9.17, 15) is 4.79 Å². The Bertz CT molecular complexity index is 684. The lowest BCUT2D eigenvalue weighted by Gasteiger charge is -2.34. The van der Waals surface area contributed by atoms with Gasteiger partial charge < -0.3 is 20.4 Å². The van der Waals surface area contributed by atoms with Crippen molar-refractivity contribution in [1.29, 1.82) is 0 Å². The van der Waals surface area contributed by atoms with Gasteiger partial charge in [-0.15, -0.1) is 24.0 Å². The zero-order valence-corrected chi connectivity index (χ0v) is 20.7. The van der Waals surface area contributed by atoms with Crippen LogP contribution >= 0.6 is 24.0 Å². The molecule has 1 aromatic rings. The molecule has 0 aliphatic carbocycles. The Morgan fingerprint density at radius 1 is 1.20 bits per heavy atom. The molecule has 1 amide bonds. The molecule has 8 heteroatoms. The van der Waals surface area contributed by atoms with Crippen molar-refractivity contribution in [3.8, 4) is 0 Å². The summed E-state index contributed by atoms with van der Waals surface area (Å²) in [5.41, 5.74) is 1.20. The fourth-order valence-corrected chi connectivity index (χ4v) is 4.16. The molecule has 2 aliphatic heterocycles. The van der Waals surface area contributed by atoms with Crippen LogP contribution in [-0.4, -0.2) is 61.5 Å². The highest BCUT2D eigenvalue weighted by molar-refractivity contribution is 14.0. The number of amides is 1. The summed E-state index contributed by atoms with van der Waals surface area (Å²) in [6.07, 6.45) is 8.44. The number of piperidine rings is 2. The molecule has 2 saturated heterocycles. The van der Waals surface area contributed by atoms with Gasteiger partial charge in [0.25, 0.3) is 0 Å². The van der Waals surface area contributed by atoms with E-state index in [1.54, 1.807) is 7.05 Å². The Morgan fingerprint density at radius 2 is 1.93 bits per heavy atom. The standard InChI is InChI=1S/C22H36N6O.HI/c1-3-24-22(28-13-8-18(9-14-28)16-21(29)23-2)26-17-19-7-10-25-20(15-19)27-11-5-4-6-12-27;/h7,10,15,18H,3-6,8-9,11-14,16-17H2,1-2H3,(H,23,29)(H,24,26);1H. The predicted molar refractivity (Wildman–Crippen MR) is 134 cm³/mol. The number of pyridine rings is 1. The third-order valence-corrected chi connectivity index (χ3v) is 5.90. The number of aliphatic imine (C=N–C) groups is 1. The van der Waals surface area contributed by atoms with Gasteiger partial charge in [0.1, 0.15) is 5.82 Å². The van der Waals surface area contributed by atoms with Crippen LogP contribution in [-0.2, 0) is 11.3 Å². The molecule has 3 rings (SSSR count). The molecule has 2 N–H and O–H groups in total. The molecule has 0 radical (unpaired) electrons. The number of hydrogen-bond acceptors (Lipinski definition) is 4. The Kier molecular flexibility index (Phi) is 10.7. The lowest BCUT2D eigenvalue weighted by atomic mass is 9.93. The summed E-state index contributed by atoms with van der Waals surface area (Å²) in [7, 11) is 1.71. The van der Waals surface area contributed by atoms with Gasteiger partial charge in [-0.25, -0.2) is 9.98 Å². The maximum absolute atomic E-state index is 11.6. The Hall–Kier alpha value is -1.58. The van der Waals surface area contributed by atoms with Crippen LogP contribution in [0.3, 0.4) is 0 Å². The van der Waals surface area contributed by atoms with Gasteiger partial charge in [-0.1, -0.05) is 0 Å². The van der Waals surface area contributed by atoms with Crippen molar-refractivity contribution in [3.05, 3.63) is 23.9 Å². The smallest absolute Gasteiger partial charge is 0.220 e. The number of rotatable bonds is 6. The maximum Gasteiger partial charge on any atom is 0.220 e. The number of carbonyl (C=O) groups is 1. The van der Waals surface area contributed by atoms with E-state index in [1.165, 1.54) is 24.8 Å². The summed E-state index contributed by atoms with van der Waals surface area (Å²) < 4.78 is 0. The monoisotopic (exact) mass is 528 g/mol. The maximum atomic E-state index is 11.6. The Balaban J connectivity index is 0.00000320. The van der Waals surface area contributed by atoms with Crippen LogP contribution in [0.1, 0.15) is 51.0 Å². The van der Waals surface area contributed by atoms with E-state index in [2.05, 4.69) is 44.5 Å². The van der Waals surface area contributed by atoms with Crippen molar-refractivity contribution < 1.29 is 4.79 Å². The molecule has 0 spiro atoms. The van der Waals surface area contributed by atoms with Crippen LogP contribution in [0.15, 0.2) is 23.3 Å². The second-order valence-corrected chi connectivity index (χ2v) is 8.05. The number of guanidine groups is 1. The van der Waals surface area contributed by atoms with Crippen LogP contribution in [0.4, 0.5) is 5.82 Å². The van der Waals surface area contributed by atoms with Crippen LogP contribution in [0.25, 0.3) is 0 Å². The molecule has 7 nitrogen and oxygen atoms in total. The van der Waals surface area contributed by atoms with E-state index < -0.39 is 0 Å². The summed E-state index contributed by atoms with van der Waals surface area (Å²) >= 11 is 0. The number of anilines is 1. The predicted octanol–water partition coefficient (Wildman–Crippen LogP) is 3.00. The second-order valence-electron chi connectivity index (χ2n) is 8.05. The highest BCUT2D eigenvalue weighted by atomic mass is 127. The van der Waals surface area contributed by atoms with Crippen molar-refractivity contribution in [2.75, 3.05) is 44.7 Å². The second kappa shape index (κ2) is 13.0. The first kappa shape index (κ1) is 24.7. The topological polar surface area (TPSA) is 72.9 Å². The molecule has 0 atom stereocenters. The number of halogens is 1. The number of nitrogens with zero attached hydrogens (tertiary/aromatic N) is 4. The molecule has 0 unspecified atom stereocenters. The van der Waals surface area contributed by atoms with Crippen molar-refractivity contribution in [3.63, 3.8) is 0 Å². The van der Waals surface area contributed by atoms with E-state index in [4.69, 9.17) is 4.99 Å². The van der Waals surface area contributed by atoms with Crippen LogP contribution in [0, 0.1) is 5.92 Å². The van der Waals surface area contributed by atoms with Crippen molar-refractivity contribution in [2.24, 2.45) is 10.9 Å². The molecule has 2 fully saturated rings. The fourth-order valence-electron chi connectivity index (χ4n) is 4.16. The molecular formula is C22H37IN6O. The highest BCUT2D eigenvalue weighted by Crippen LogP contribution is 2.21. The molecule has 1 aromatic heterocycles. The minimum absolute atomic E-state index is 0. The lowest BCUT2D eigenvalue weighted by Crippen LogP contribution is -2.46. The summed E-state index contributed by atoms with van der Waals surface area (Å²) in [5.74, 6) is 2.67. The van der Waals surface area contributed by atoms with Gasteiger partial charge >= 0.3 is 0 Å². The quantitative estimate of drug-likeness (QED) is 0.338. The van der Waals surface area contributed by atoms with Crippen LogP contribution in [0.5, 0.6) is 0 Å². The highest BCUT2D eigenvalue weighted by Gasteiger charge is 2.23. The summed E-state index contributed by atoms with van der Waals surface area (Å²) in [6, 6.07) is 4.25. The molecule has 168 valence electrons. The van der Waals surface area contributed by atoms with E-state index in [-0.39, 0.29) is 29.9 Å². The summed E-state index contributed by atoms with van der Waals surface area (Å²) in [4.78, 5) is 25.8. The average molecular weight is 528 g/mol. The van der Waals surface area contributed by atoms with Gasteiger partial charge in [0.15, 0.2) is 5.96 Å². The minimum atomic E-state index is 0. The van der Waals surface area contributed by atoms with Crippen LogP contribution < -0.4 is 15.5 Å². The summed E-state index contributed by atoms with van der Waals surface area (Å²) in [5, 5.41) is 6.17. The number of hydrogen-bond donors (Lipinski definition) is 2. The molecule has 2 aliphatic rings. The van der Waals surface area contributed by atoms with Crippen molar-refractivity contribution >= 4 is 41.7 Å². The van der Waals surface area contributed by atoms with E-state index in [0.29, 0.717) is 18.9 Å². The van der Waals surface area contributed by atoms with Gasteiger partial charge in [0, 0.05) is 52.4 Å². The van der Waals surface area contributed by atoms with Gasteiger partial charge in [-0.3, -0.25) is 4.79 Å². The van der Waals surface area contributed by atoms with Gasteiger partial charge in [0.2, 0.25) is 5.91 Å². The molecule has 30 heavy (non-hydrogen) atoms. The van der Waals surface area contributed by atoms with Gasteiger partial charge in [0.05, 0.1) is 6.54 Å². The van der Waals surface area contributed by atoms with Crippen LogP contribution in [0.2, 0.25) is 0 Å². The first-order chi connectivity index (χ1) is 14.2. The first-order valence-corrected chi connectivity index (χ1v) is 11.1. The largest absolute Gasteiger partial charge is 0.359 e. The number of likely N-dealkylation sites (tertiary alicyclic amines) is 1. The van der Waals surface area contributed by atoms with E-state index in [1.807, 2.05) is 6.20 Å². The summed E-state index contributed by atoms with van der Waals surface area (Å²) in [6.45, 7) is 7.72. The molecule has 0 aromatic carbocycles. The fraction of sp³-hybridized carbons (Fsp3) is 0.682.